The Bertz CT molecular complexity index is 942. The van der Waals surface area contributed by atoms with Gasteiger partial charge in [0.2, 0.25) is 0 Å². The van der Waals surface area contributed by atoms with Gasteiger partial charge in [0, 0.05) is 12.1 Å². The molecule has 0 unspecified atom stereocenters. The zero-order valence-electron chi connectivity index (χ0n) is 15.5. The number of esters is 1. The molecule has 6 nitrogen and oxygen atoms in total. The molecule has 3 rings (SSSR count). The highest BCUT2D eigenvalue weighted by molar-refractivity contribution is 5.90. The number of carbonyl (C=O) groups excluding carboxylic acids is 1. The van der Waals surface area contributed by atoms with E-state index in [9.17, 15) is 9.59 Å². The number of hydrogen-bond donors (Lipinski definition) is 2. The van der Waals surface area contributed by atoms with Gasteiger partial charge in [-0.15, -0.1) is 0 Å². The fourth-order valence-electron chi connectivity index (χ4n) is 2.71. The smallest absolute Gasteiger partial charge is 0.338 e. The van der Waals surface area contributed by atoms with E-state index in [1.807, 2.05) is 24.3 Å². The number of rotatable bonds is 8. The summed E-state index contributed by atoms with van der Waals surface area (Å²) in [6.45, 7) is 3.26. The number of carboxylic acid groups (broad SMARTS) is 1. The molecular weight excluding hydrogens is 358 g/mol. The Morgan fingerprint density at radius 1 is 0.929 bits per heavy atom. The van der Waals surface area contributed by atoms with Crippen molar-refractivity contribution in [1.82, 2.24) is 5.32 Å². The molecule has 2 N–H and O–H groups in total. The van der Waals surface area contributed by atoms with Gasteiger partial charge in [-0.25, -0.2) is 9.59 Å². The SMILES string of the molecule is CCOC(=O)c1ccc(-c2ccc(CNCc3ccc(C(=O)O)cc3)o2)cc1. The van der Waals surface area contributed by atoms with Crippen molar-refractivity contribution >= 4 is 11.9 Å². The summed E-state index contributed by atoms with van der Waals surface area (Å²) < 4.78 is 10.8. The molecule has 1 heterocycles. The maximum atomic E-state index is 11.7. The van der Waals surface area contributed by atoms with Gasteiger partial charge in [0.05, 0.1) is 24.3 Å². The number of aromatic carboxylic acids is 1. The maximum Gasteiger partial charge on any atom is 0.338 e. The van der Waals surface area contributed by atoms with Gasteiger partial charge in [-0.1, -0.05) is 24.3 Å². The average Bonchev–Trinajstić information content (AvgIpc) is 3.17. The highest BCUT2D eigenvalue weighted by Gasteiger charge is 2.09. The van der Waals surface area contributed by atoms with Crippen LogP contribution in [0, 0.1) is 0 Å². The van der Waals surface area contributed by atoms with Crippen molar-refractivity contribution in [3.8, 4) is 11.3 Å². The van der Waals surface area contributed by atoms with Crippen LogP contribution in [-0.4, -0.2) is 23.7 Å². The number of ether oxygens (including phenoxy) is 1. The first-order chi connectivity index (χ1) is 13.6. The predicted molar refractivity (Wildman–Crippen MR) is 104 cm³/mol. The lowest BCUT2D eigenvalue weighted by atomic mass is 10.1. The van der Waals surface area contributed by atoms with Crippen LogP contribution in [-0.2, 0) is 17.8 Å². The Hall–Kier alpha value is -3.38. The molecule has 144 valence electrons. The van der Waals surface area contributed by atoms with E-state index >= 15 is 0 Å². The molecule has 0 aliphatic carbocycles. The quantitative estimate of drug-likeness (QED) is 0.573. The van der Waals surface area contributed by atoms with E-state index in [2.05, 4.69) is 5.32 Å². The summed E-state index contributed by atoms with van der Waals surface area (Å²) in [5.74, 6) is 0.234. The third kappa shape index (κ3) is 4.86. The molecule has 0 radical (unpaired) electrons. The van der Waals surface area contributed by atoms with Gasteiger partial charge in [0.15, 0.2) is 0 Å². The summed E-state index contributed by atoms with van der Waals surface area (Å²) in [5, 5.41) is 12.2. The fraction of sp³-hybridized carbons (Fsp3) is 0.182. The standard InChI is InChI=1S/C22H21NO5/c1-2-27-22(26)18-9-7-16(8-10-18)20-12-11-19(28-20)14-23-13-15-3-5-17(6-4-15)21(24)25/h3-12,23H,2,13-14H2,1H3,(H,24,25). The van der Waals surface area contributed by atoms with Gasteiger partial charge in [-0.05, 0) is 48.9 Å². The summed E-state index contributed by atoms with van der Waals surface area (Å²) in [7, 11) is 0. The number of furan rings is 1. The van der Waals surface area contributed by atoms with Crippen molar-refractivity contribution in [3.05, 3.63) is 83.1 Å². The second-order valence-electron chi connectivity index (χ2n) is 6.17. The van der Waals surface area contributed by atoms with Gasteiger partial charge in [0.25, 0.3) is 0 Å². The molecule has 0 saturated heterocycles. The van der Waals surface area contributed by atoms with E-state index in [-0.39, 0.29) is 11.5 Å². The molecule has 0 bridgehead atoms. The van der Waals surface area contributed by atoms with E-state index in [1.165, 1.54) is 0 Å². The van der Waals surface area contributed by atoms with Crippen molar-refractivity contribution in [1.29, 1.82) is 0 Å². The number of carbonyl (C=O) groups is 2. The monoisotopic (exact) mass is 379 g/mol. The van der Waals surface area contributed by atoms with E-state index in [0.717, 1.165) is 22.6 Å². The Morgan fingerprint density at radius 2 is 1.61 bits per heavy atom. The van der Waals surface area contributed by atoms with Crippen molar-refractivity contribution in [3.63, 3.8) is 0 Å². The fourth-order valence-corrected chi connectivity index (χ4v) is 2.71. The molecule has 0 saturated carbocycles. The molecule has 1 aromatic heterocycles. The summed E-state index contributed by atoms with van der Waals surface area (Å²) in [5.41, 5.74) is 2.65. The largest absolute Gasteiger partial charge is 0.478 e. The Morgan fingerprint density at radius 3 is 2.25 bits per heavy atom. The lowest BCUT2D eigenvalue weighted by Gasteiger charge is -2.04. The first-order valence-electron chi connectivity index (χ1n) is 8.96. The van der Waals surface area contributed by atoms with Crippen LogP contribution in [0.4, 0.5) is 0 Å². The molecule has 0 spiro atoms. The van der Waals surface area contributed by atoms with Crippen molar-refractivity contribution in [2.75, 3.05) is 6.61 Å². The topological polar surface area (TPSA) is 88.8 Å². The first-order valence-corrected chi connectivity index (χ1v) is 8.96. The number of nitrogens with one attached hydrogen (secondary N) is 1. The van der Waals surface area contributed by atoms with Crippen LogP contribution in [0.3, 0.4) is 0 Å². The summed E-state index contributed by atoms with van der Waals surface area (Å²) >= 11 is 0. The number of benzene rings is 2. The Balaban J connectivity index is 1.55. The predicted octanol–water partition coefficient (Wildman–Crippen LogP) is 4.11. The minimum Gasteiger partial charge on any atom is -0.478 e. The Kier molecular flexibility index (Phi) is 6.24. The molecule has 0 aliphatic heterocycles. The van der Waals surface area contributed by atoms with Crippen LogP contribution in [0.15, 0.2) is 65.1 Å². The van der Waals surface area contributed by atoms with Gasteiger partial charge in [-0.3, -0.25) is 0 Å². The molecule has 0 aliphatic rings. The van der Waals surface area contributed by atoms with Crippen LogP contribution >= 0.6 is 0 Å². The molecule has 3 aromatic rings. The second-order valence-corrected chi connectivity index (χ2v) is 6.17. The summed E-state index contributed by atoms with van der Waals surface area (Å²) in [6, 6.07) is 17.6. The number of carboxylic acids is 1. The van der Waals surface area contributed by atoms with Gasteiger partial charge >= 0.3 is 11.9 Å². The third-order valence-corrected chi connectivity index (χ3v) is 4.17. The van der Waals surface area contributed by atoms with Crippen LogP contribution < -0.4 is 5.32 Å². The second kappa shape index (κ2) is 9.01. The highest BCUT2D eigenvalue weighted by Crippen LogP contribution is 2.23. The first kappa shape index (κ1) is 19.4. The van der Waals surface area contributed by atoms with Gasteiger partial charge in [0.1, 0.15) is 11.5 Å². The van der Waals surface area contributed by atoms with E-state index < -0.39 is 5.97 Å². The zero-order valence-corrected chi connectivity index (χ0v) is 15.5. The van der Waals surface area contributed by atoms with Crippen LogP contribution in [0.5, 0.6) is 0 Å². The normalized spacial score (nSPS) is 10.6. The maximum absolute atomic E-state index is 11.7. The van der Waals surface area contributed by atoms with Crippen molar-refractivity contribution in [2.45, 2.75) is 20.0 Å². The van der Waals surface area contributed by atoms with E-state index in [1.54, 1.807) is 43.3 Å². The minimum atomic E-state index is -0.932. The van der Waals surface area contributed by atoms with Gasteiger partial charge in [-0.2, -0.15) is 0 Å². The summed E-state index contributed by atoms with van der Waals surface area (Å²) in [4.78, 5) is 22.6. The van der Waals surface area contributed by atoms with E-state index in [0.29, 0.717) is 25.3 Å². The van der Waals surface area contributed by atoms with Crippen LogP contribution in [0.25, 0.3) is 11.3 Å². The van der Waals surface area contributed by atoms with Crippen molar-refractivity contribution < 1.29 is 23.8 Å². The molecule has 2 aromatic carbocycles. The minimum absolute atomic E-state index is 0.272. The molecule has 6 heteroatoms. The van der Waals surface area contributed by atoms with Gasteiger partial charge < -0.3 is 19.6 Å². The molecule has 0 atom stereocenters. The Labute approximate surface area is 162 Å². The molecule has 28 heavy (non-hydrogen) atoms. The zero-order chi connectivity index (χ0) is 19.9. The highest BCUT2D eigenvalue weighted by atomic mass is 16.5. The van der Waals surface area contributed by atoms with Crippen molar-refractivity contribution in [2.24, 2.45) is 0 Å². The third-order valence-electron chi connectivity index (χ3n) is 4.17. The lowest BCUT2D eigenvalue weighted by Crippen LogP contribution is -2.12. The van der Waals surface area contributed by atoms with Crippen LogP contribution in [0.2, 0.25) is 0 Å². The van der Waals surface area contributed by atoms with Crippen LogP contribution in [0.1, 0.15) is 39.0 Å². The molecule has 0 amide bonds. The molecule has 0 fully saturated rings. The molecular formula is C22H21NO5. The number of hydrogen-bond acceptors (Lipinski definition) is 5. The van der Waals surface area contributed by atoms with E-state index in [4.69, 9.17) is 14.3 Å². The summed E-state index contributed by atoms with van der Waals surface area (Å²) in [6.07, 6.45) is 0. The lowest BCUT2D eigenvalue weighted by molar-refractivity contribution is 0.0526. The average molecular weight is 379 g/mol.